The number of anilines is 1. The van der Waals surface area contributed by atoms with Gasteiger partial charge in [0.25, 0.3) is 5.95 Å². The molecule has 0 aliphatic rings. The van der Waals surface area contributed by atoms with Crippen LogP contribution >= 0.6 is 11.6 Å². The first-order chi connectivity index (χ1) is 11.8. The number of ether oxygens (including phenoxy) is 2. The van der Waals surface area contributed by atoms with Gasteiger partial charge < -0.3 is 14.8 Å². The van der Waals surface area contributed by atoms with Crippen molar-refractivity contribution in [2.45, 2.75) is 13.2 Å². The number of hydrogen-bond donors (Lipinski definition) is 2. The molecule has 124 valence electrons. The van der Waals surface area contributed by atoms with Crippen molar-refractivity contribution in [3.8, 4) is 11.5 Å². The van der Waals surface area contributed by atoms with Gasteiger partial charge in [-0.05, 0) is 22.4 Å². The molecule has 0 atom stereocenters. The molecule has 0 saturated carbocycles. The lowest BCUT2D eigenvalue weighted by Gasteiger charge is -2.14. The van der Waals surface area contributed by atoms with Crippen LogP contribution in [0.3, 0.4) is 0 Å². The number of benzene rings is 2. The molecule has 0 bridgehead atoms. The lowest BCUT2D eigenvalue weighted by Crippen LogP contribution is -2.04. The van der Waals surface area contributed by atoms with Crippen molar-refractivity contribution in [1.29, 1.82) is 0 Å². The van der Waals surface area contributed by atoms with E-state index in [9.17, 15) is 0 Å². The highest BCUT2D eigenvalue weighted by molar-refractivity contribution is 6.31. The predicted octanol–water partition coefficient (Wildman–Crippen LogP) is 3.05. The van der Waals surface area contributed by atoms with Gasteiger partial charge in [0.2, 0.25) is 0 Å². The van der Waals surface area contributed by atoms with Crippen LogP contribution in [0.15, 0.2) is 42.5 Å². The normalized spacial score (nSPS) is 10.4. The Kier molecular flexibility index (Phi) is 5.12. The molecule has 0 fully saturated rings. The van der Waals surface area contributed by atoms with Crippen molar-refractivity contribution in [2.24, 2.45) is 0 Å². The second-order valence-corrected chi connectivity index (χ2v) is 5.36. The Bertz CT molecular complexity index is 781. The second-order valence-electron chi connectivity index (χ2n) is 4.96. The van der Waals surface area contributed by atoms with E-state index in [-0.39, 0.29) is 0 Å². The average Bonchev–Trinajstić information content (AvgIpc) is 3.13. The quantitative estimate of drug-likeness (QED) is 0.684. The summed E-state index contributed by atoms with van der Waals surface area (Å²) in [6.45, 7) is 0.877. The van der Waals surface area contributed by atoms with Crippen molar-refractivity contribution in [3.63, 3.8) is 0 Å². The van der Waals surface area contributed by atoms with Gasteiger partial charge in [-0.1, -0.05) is 47.0 Å². The molecule has 1 aromatic heterocycles. The molecule has 0 saturated heterocycles. The molecule has 7 nitrogen and oxygen atoms in total. The third kappa shape index (κ3) is 3.94. The highest BCUT2D eigenvalue weighted by atomic mass is 35.5. The summed E-state index contributed by atoms with van der Waals surface area (Å²) in [6, 6.07) is 13.5. The number of nitrogens with one attached hydrogen (secondary N) is 2. The molecule has 8 heteroatoms. The van der Waals surface area contributed by atoms with Crippen molar-refractivity contribution < 1.29 is 9.47 Å². The van der Waals surface area contributed by atoms with E-state index in [2.05, 4.69) is 25.9 Å². The summed E-state index contributed by atoms with van der Waals surface area (Å²) < 4.78 is 11.2. The van der Waals surface area contributed by atoms with Gasteiger partial charge in [-0.25, -0.2) is 0 Å². The number of halogens is 1. The minimum absolute atomic E-state index is 0.398. The highest BCUT2D eigenvalue weighted by Gasteiger charge is 2.11. The van der Waals surface area contributed by atoms with E-state index in [0.717, 1.165) is 11.1 Å². The Hall–Kier alpha value is -2.80. The number of hydrogen-bond acceptors (Lipinski definition) is 6. The summed E-state index contributed by atoms with van der Waals surface area (Å²) in [5.41, 5.74) is 1.91. The Morgan fingerprint density at radius 2 is 2.00 bits per heavy atom. The van der Waals surface area contributed by atoms with Crippen LogP contribution in [-0.4, -0.2) is 27.7 Å². The zero-order chi connectivity index (χ0) is 16.8. The number of aromatic amines is 1. The molecule has 2 N–H and O–H groups in total. The fourth-order valence-electron chi connectivity index (χ4n) is 2.13. The largest absolute Gasteiger partial charge is 0.493 e. The van der Waals surface area contributed by atoms with Gasteiger partial charge in [-0.2, -0.15) is 5.21 Å². The number of methoxy groups -OCH3 is 1. The molecule has 0 aliphatic heterocycles. The fraction of sp³-hybridized carbons (Fsp3) is 0.188. The summed E-state index contributed by atoms with van der Waals surface area (Å²) in [7, 11) is 1.59. The molecule has 0 spiro atoms. The maximum Gasteiger partial charge on any atom is 0.263 e. The van der Waals surface area contributed by atoms with Crippen molar-refractivity contribution in [1.82, 2.24) is 20.6 Å². The highest BCUT2D eigenvalue weighted by Crippen LogP contribution is 2.34. The Labute approximate surface area is 143 Å². The summed E-state index contributed by atoms with van der Waals surface area (Å²) in [5, 5.41) is 17.1. The molecule has 2 aromatic carbocycles. The number of nitrogens with zero attached hydrogens (tertiary/aromatic N) is 3. The molecule has 0 amide bonds. The first-order valence-electron chi connectivity index (χ1n) is 7.26. The number of H-pyrrole nitrogens is 1. The van der Waals surface area contributed by atoms with Gasteiger partial charge >= 0.3 is 0 Å². The van der Waals surface area contributed by atoms with E-state index in [1.165, 1.54) is 0 Å². The molecule has 1 heterocycles. The predicted molar refractivity (Wildman–Crippen MR) is 90.3 cm³/mol. The summed E-state index contributed by atoms with van der Waals surface area (Å²) in [6.07, 6.45) is 0. The number of tetrazole rings is 1. The zero-order valence-corrected chi connectivity index (χ0v) is 13.7. The monoisotopic (exact) mass is 345 g/mol. The molecule has 0 aliphatic carbocycles. The minimum atomic E-state index is 0.398. The molecule has 24 heavy (non-hydrogen) atoms. The molecule has 3 rings (SSSR count). The second kappa shape index (κ2) is 7.65. The first-order valence-corrected chi connectivity index (χ1v) is 7.64. The molecule has 3 aromatic rings. The maximum absolute atomic E-state index is 6.34. The van der Waals surface area contributed by atoms with Crippen LogP contribution in [0.2, 0.25) is 5.02 Å². The van der Waals surface area contributed by atoms with E-state index < -0.39 is 0 Å². The van der Waals surface area contributed by atoms with Crippen LogP contribution in [0, 0.1) is 0 Å². The summed E-state index contributed by atoms with van der Waals surface area (Å²) in [4.78, 5) is 0. The van der Waals surface area contributed by atoms with Gasteiger partial charge in [-0.15, -0.1) is 5.10 Å². The molecular formula is C16H16ClN5O2. The van der Waals surface area contributed by atoms with Crippen LogP contribution in [0.1, 0.15) is 11.1 Å². The topological polar surface area (TPSA) is 85.0 Å². The van der Waals surface area contributed by atoms with Gasteiger partial charge in [0.05, 0.1) is 7.11 Å². The SMILES string of the molecule is COc1cc(CNc2nn[nH]n2)c(Cl)cc1OCc1ccccc1. The first kappa shape index (κ1) is 16.1. The van der Waals surface area contributed by atoms with Crippen LogP contribution in [0.5, 0.6) is 11.5 Å². The maximum atomic E-state index is 6.34. The van der Waals surface area contributed by atoms with E-state index >= 15 is 0 Å². The standard InChI is InChI=1S/C16H16ClN5O2/c1-23-14-7-12(9-18-16-19-21-22-20-16)13(17)8-15(14)24-10-11-5-3-2-4-6-11/h2-8H,9-10H2,1H3,(H2,18,19,20,21,22). The summed E-state index contributed by atoms with van der Waals surface area (Å²) in [5.74, 6) is 1.60. The number of aromatic nitrogens is 4. The van der Waals surface area contributed by atoms with Crippen LogP contribution in [0.4, 0.5) is 5.95 Å². The molecule has 0 radical (unpaired) electrons. The third-order valence-electron chi connectivity index (χ3n) is 3.35. The van der Waals surface area contributed by atoms with E-state index in [1.54, 1.807) is 13.2 Å². The molecular weight excluding hydrogens is 330 g/mol. The third-order valence-corrected chi connectivity index (χ3v) is 3.70. The van der Waals surface area contributed by atoms with Crippen LogP contribution in [0.25, 0.3) is 0 Å². The lowest BCUT2D eigenvalue weighted by molar-refractivity contribution is 0.284. The fourth-order valence-corrected chi connectivity index (χ4v) is 2.35. The molecule has 0 unspecified atom stereocenters. The van der Waals surface area contributed by atoms with Crippen molar-refractivity contribution in [3.05, 3.63) is 58.6 Å². The van der Waals surface area contributed by atoms with E-state index in [4.69, 9.17) is 21.1 Å². The van der Waals surface area contributed by atoms with Crippen LogP contribution in [-0.2, 0) is 13.2 Å². The Balaban J connectivity index is 1.72. The van der Waals surface area contributed by atoms with Gasteiger partial charge in [-0.3, -0.25) is 0 Å². The smallest absolute Gasteiger partial charge is 0.263 e. The average molecular weight is 346 g/mol. The minimum Gasteiger partial charge on any atom is -0.493 e. The zero-order valence-electron chi connectivity index (χ0n) is 13.0. The van der Waals surface area contributed by atoms with Gasteiger partial charge in [0, 0.05) is 17.6 Å². The van der Waals surface area contributed by atoms with E-state index in [0.29, 0.717) is 35.6 Å². The number of rotatable bonds is 7. The van der Waals surface area contributed by atoms with Crippen molar-refractivity contribution >= 4 is 17.5 Å². The van der Waals surface area contributed by atoms with Gasteiger partial charge in [0.15, 0.2) is 11.5 Å². The van der Waals surface area contributed by atoms with E-state index in [1.807, 2.05) is 36.4 Å². The lowest BCUT2D eigenvalue weighted by atomic mass is 10.2. The van der Waals surface area contributed by atoms with Crippen molar-refractivity contribution in [2.75, 3.05) is 12.4 Å². The van der Waals surface area contributed by atoms with Crippen LogP contribution < -0.4 is 14.8 Å². The summed E-state index contributed by atoms with van der Waals surface area (Å²) >= 11 is 6.34. The Morgan fingerprint density at radius 1 is 1.17 bits per heavy atom. The van der Waals surface area contributed by atoms with Gasteiger partial charge in [0.1, 0.15) is 6.61 Å². The Morgan fingerprint density at radius 3 is 2.71 bits per heavy atom.